The third-order valence-corrected chi connectivity index (χ3v) is 4.38. The molecule has 0 atom stereocenters. The van der Waals surface area contributed by atoms with E-state index in [1.54, 1.807) is 29.3 Å². The van der Waals surface area contributed by atoms with Gasteiger partial charge in [0.15, 0.2) is 0 Å². The van der Waals surface area contributed by atoms with Crippen LogP contribution in [0.1, 0.15) is 11.1 Å². The van der Waals surface area contributed by atoms with E-state index in [2.05, 4.69) is 0 Å². The molecule has 0 N–H and O–H groups in total. The highest BCUT2D eigenvalue weighted by Gasteiger charge is 2.28. The maximum Gasteiger partial charge on any atom is 0.355 e. The van der Waals surface area contributed by atoms with Crippen molar-refractivity contribution in [2.45, 2.75) is 6.42 Å². The van der Waals surface area contributed by atoms with Gasteiger partial charge >= 0.3 is 11.9 Å². The summed E-state index contributed by atoms with van der Waals surface area (Å²) in [6, 6.07) is 17.8. The summed E-state index contributed by atoms with van der Waals surface area (Å²) in [5, 5.41) is 0. The minimum atomic E-state index is -0.619. The van der Waals surface area contributed by atoms with Crippen LogP contribution in [0.5, 0.6) is 0 Å². The van der Waals surface area contributed by atoms with E-state index < -0.39 is 11.9 Å². The third kappa shape index (κ3) is 4.04. The van der Waals surface area contributed by atoms with E-state index >= 15 is 0 Å². The van der Waals surface area contributed by atoms with Crippen LogP contribution in [0.2, 0.25) is 0 Å². The van der Waals surface area contributed by atoms with Crippen LogP contribution in [-0.2, 0) is 25.5 Å². The Bertz CT molecular complexity index is 958. The number of rotatable bonds is 5. The van der Waals surface area contributed by atoms with Crippen molar-refractivity contribution in [3.8, 4) is 0 Å². The molecule has 5 nitrogen and oxygen atoms in total. The number of allylic oxidation sites excluding steroid dienone is 2. The molecule has 0 amide bonds. The molecule has 2 aromatic rings. The average Bonchev–Trinajstić information content (AvgIpc) is 2.96. The third-order valence-electron chi connectivity index (χ3n) is 4.38. The van der Waals surface area contributed by atoms with Crippen LogP contribution >= 0.6 is 0 Å². The van der Waals surface area contributed by atoms with Gasteiger partial charge in [0.05, 0.1) is 19.8 Å². The molecule has 0 saturated heterocycles. The van der Waals surface area contributed by atoms with Gasteiger partial charge in [0.2, 0.25) is 0 Å². The quantitative estimate of drug-likeness (QED) is 0.745. The van der Waals surface area contributed by atoms with Gasteiger partial charge in [0.1, 0.15) is 5.70 Å². The fourth-order valence-electron chi connectivity index (χ4n) is 3.06. The van der Waals surface area contributed by atoms with Gasteiger partial charge < -0.3 is 14.4 Å². The van der Waals surface area contributed by atoms with Crippen molar-refractivity contribution in [2.24, 2.45) is 0 Å². The van der Waals surface area contributed by atoms with Crippen LogP contribution in [0.3, 0.4) is 0 Å². The largest absolute Gasteiger partial charge is 0.465 e. The van der Waals surface area contributed by atoms with Gasteiger partial charge in [0.25, 0.3) is 0 Å². The molecule has 0 radical (unpaired) electrons. The predicted octanol–water partition coefficient (Wildman–Crippen LogP) is 3.77. The molecule has 0 spiro atoms. The van der Waals surface area contributed by atoms with Crippen molar-refractivity contribution in [3.05, 3.63) is 101 Å². The lowest BCUT2D eigenvalue weighted by Crippen LogP contribution is -2.27. The molecule has 142 valence electrons. The first-order valence-corrected chi connectivity index (χ1v) is 8.82. The number of carbonyl (C=O) groups excluding carboxylic acids is 2. The van der Waals surface area contributed by atoms with Gasteiger partial charge in [0, 0.05) is 11.9 Å². The fraction of sp³-hybridized carbons (Fsp3) is 0.130. The molecule has 0 aromatic heterocycles. The second-order valence-corrected chi connectivity index (χ2v) is 6.11. The summed E-state index contributed by atoms with van der Waals surface area (Å²) in [7, 11) is 2.57. The molecule has 1 heterocycles. The molecular weight excluding hydrogens is 354 g/mol. The van der Waals surface area contributed by atoms with Crippen molar-refractivity contribution in [2.75, 3.05) is 19.1 Å². The number of ether oxygens (including phenoxy) is 2. The highest BCUT2D eigenvalue weighted by molar-refractivity contribution is 6.05. The zero-order valence-corrected chi connectivity index (χ0v) is 15.8. The SMILES string of the molecule is COC(=O)C1=C(C(=O)OC)N(c2ccccc2Cc2ccccc2)C=CC=C1. The fourth-order valence-corrected chi connectivity index (χ4v) is 3.06. The molecule has 0 saturated carbocycles. The van der Waals surface area contributed by atoms with Crippen molar-refractivity contribution in [1.82, 2.24) is 0 Å². The van der Waals surface area contributed by atoms with Gasteiger partial charge in [-0.1, -0.05) is 54.6 Å². The maximum absolute atomic E-state index is 12.6. The molecule has 1 aliphatic heterocycles. The molecule has 28 heavy (non-hydrogen) atoms. The molecule has 0 fully saturated rings. The molecule has 2 aromatic carbocycles. The van der Waals surface area contributed by atoms with Crippen molar-refractivity contribution < 1.29 is 19.1 Å². The number of hydrogen-bond donors (Lipinski definition) is 0. The average molecular weight is 375 g/mol. The Balaban J connectivity index is 2.13. The topological polar surface area (TPSA) is 55.8 Å². The summed E-state index contributed by atoms with van der Waals surface area (Å²) >= 11 is 0. The first kappa shape index (κ1) is 19.2. The van der Waals surface area contributed by atoms with Crippen LogP contribution in [0.15, 0.2) is 90.3 Å². The molecule has 1 aliphatic rings. The Morgan fingerprint density at radius 1 is 0.857 bits per heavy atom. The number of carbonyl (C=O) groups is 2. The first-order valence-electron chi connectivity index (χ1n) is 8.82. The van der Waals surface area contributed by atoms with Crippen molar-refractivity contribution >= 4 is 17.6 Å². The number of esters is 2. The Hall–Kier alpha value is -3.60. The van der Waals surface area contributed by atoms with Crippen LogP contribution in [-0.4, -0.2) is 26.2 Å². The first-order chi connectivity index (χ1) is 13.7. The highest BCUT2D eigenvalue weighted by atomic mass is 16.5. The van der Waals surface area contributed by atoms with Crippen LogP contribution in [0.4, 0.5) is 5.69 Å². The smallest absolute Gasteiger partial charge is 0.355 e. The zero-order valence-electron chi connectivity index (χ0n) is 15.8. The second kappa shape index (κ2) is 8.86. The van der Waals surface area contributed by atoms with Crippen molar-refractivity contribution in [1.29, 1.82) is 0 Å². The Morgan fingerprint density at radius 2 is 1.54 bits per heavy atom. The molecule has 3 rings (SSSR count). The molecular formula is C23H21NO4. The van der Waals surface area contributed by atoms with E-state index in [0.717, 1.165) is 16.8 Å². The lowest BCUT2D eigenvalue weighted by atomic mass is 10.0. The maximum atomic E-state index is 12.6. The van der Waals surface area contributed by atoms with E-state index in [1.807, 2.05) is 54.6 Å². The number of hydrogen-bond acceptors (Lipinski definition) is 5. The summed E-state index contributed by atoms with van der Waals surface area (Å²) in [4.78, 5) is 26.6. The number of methoxy groups -OCH3 is 2. The number of benzene rings is 2. The summed E-state index contributed by atoms with van der Waals surface area (Å²) in [6.45, 7) is 0. The lowest BCUT2D eigenvalue weighted by Gasteiger charge is -2.25. The lowest BCUT2D eigenvalue weighted by molar-refractivity contribution is -0.139. The normalized spacial score (nSPS) is 13.3. The van der Waals surface area contributed by atoms with Gasteiger partial charge in [-0.2, -0.15) is 0 Å². The van der Waals surface area contributed by atoms with Crippen LogP contribution < -0.4 is 4.90 Å². The minimum absolute atomic E-state index is 0.111. The Morgan fingerprint density at radius 3 is 2.25 bits per heavy atom. The van der Waals surface area contributed by atoms with Gasteiger partial charge in [-0.25, -0.2) is 9.59 Å². The summed E-state index contributed by atoms with van der Waals surface area (Å²) < 4.78 is 9.84. The number of nitrogens with zero attached hydrogens (tertiary/aromatic N) is 1. The van der Waals surface area contributed by atoms with E-state index in [-0.39, 0.29) is 11.3 Å². The molecule has 0 unspecified atom stereocenters. The van der Waals surface area contributed by atoms with Gasteiger partial charge in [-0.05, 0) is 35.8 Å². The van der Waals surface area contributed by atoms with E-state index in [9.17, 15) is 9.59 Å². The number of para-hydroxylation sites is 1. The summed E-state index contributed by atoms with van der Waals surface area (Å²) in [5.74, 6) is -1.22. The van der Waals surface area contributed by atoms with Crippen molar-refractivity contribution in [3.63, 3.8) is 0 Å². The van der Waals surface area contributed by atoms with Gasteiger partial charge in [-0.15, -0.1) is 0 Å². The standard InChI is InChI=1S/C23H21NO4/c1-27-22(25)19-13-8-9-15-24(21(19)23(26)28-2)20-14-7-6-12-18(20)16-17-10-4-3-5-11-17/h3-15H,16H2,1-2H3. The van der Waals surface area contributed by atoms with Crippen LogP contribution in [0.25, 0.3) is 0 Å². The molecule has 5 heteroatoms. The Labute approximate surface area is 164 Å². The summed E-state index contributed by atoms with van der Waals surface area (Å²) in [6.07, 6.45) is 7.42. The monoisotopic (exact) mass is 375 g/mol. The summed E-state index contributed by atoms with van der Waals surface area (Å²) in [5.41, 5.74) is 3.18. The van der Waals surface area contributed by atoms with E-state index in [0.29, 0.717) is 6.42 Å². The predicted molar refractivity (Wildman–Crippen MR) is 108 cm³/mol. The van der Waals surface area contributed by atoms with Gasteiger partial charge in [-0.3, -0.25) is 0 Å². The minimum Gasteiger partial charge on any atom is -0.465 e. The Kier molecular flexibility index (Phi) is 6.07. The molecule has 0 bridgehead atoms. The van der Waals surface area contributed by atoms with E-state index in [1.165, 1.54) is 14.2 Å². The highest BCUT2D eigenvalue weighted by Crippen LogP contribution is 2.30. The van der Waals surface area contributed by atoms with E-state index in [4.69, 9.17) is 9.47 Å². The number of anilines is 1. The second-order valence-electron chi connectivity index (χ2n) is 6.11. The molecule has 0 aliphatic carbocycles. The van der Waals surface area contributed by atoms with Crippen LogP contribution in [0, 0.1) is 0 Å². The zero-order chi connectivity index (χ0) is 19.9.